The number of aryl methyl sites for hydroxylation is 2. The van der Waals surface area contributed by atoms with E-state index >= 15 is 0 Å². The minimum absolute atomic E-state index is 0.188. The van der Waals surface area contributed by atoms with Gasteiger partial charge in [-0.25, -0.2) is 9.78 Å². The standard InChI is InChI=1S/C22H18F3NO3/c1-12-8-15(21(27)28)9-13(2)19(12)16-10-18(20(29-3)26-11-16)14-4-6-17(7-5-14)22(23,24)25/h4-11H,1-3H3,(H,27,28). The molecule has 0 radical (unpaired) electrons. The lowest BCUT2D eigenvalue weighted by Gasteiger charge is -2.15. The summed E-state index contributed by atoms with van der Waals surface area (Å²) in [5, 5.41) is 9.23. The third-order valence-corrected chi connectivity index (χ3v) is 4.64. The van der Waals surface area contributed by atoms with Crippen molar-refractivity contribution in [2.45, 2.75) is 20.0 Å². The first-order valence-corrected chi connectivity index (χ1v) is 8.68. The van der Waals surface area contributed by atoms with E-state index in [2.05, 4.69) is 4.98 Å². The van der Waals surface area contributed by atoms with E-state index < -0.39 is 17.7 Å². The van der Waals surface area contributed by atoms with E-state index in [1.807, 2.05) is 0 Å². The Morgan fingerprint density at radius 2 is 1.59 bits per heavy atom. The average molecular weight is 401 g/mol. The Morgan fingerprint density at radius 3 is 2.07 bits per heavy atom. The van der Waals surface area contributed by atoms with Gasteiger partial charge < -0.3 is 9.84 Å². The van der Waals surface area contributed by atoms with Gasteiger partial charge in [-0.3, -0.25) is 0 Å². The number of halogens is 3. The molecule has 0 aliphatic carbocycles. The van der Waals surface area contributed by atoms with Crippen LogP contribution in [0.25, 0.3) is 22.3 Å². The van der Waals surface area contributed by atoms with Gasteiger partial charge in [0.2, 0.25) is 5.88 Å². The van der Waals surface area contributed by atoms with E-state index in [1.165, 1.54) is 19.2 Å². The van der Waals surface area contributed by atoms with Gasteiger partial charge in [-0.1, -0.05) is 12.1 Å². The molecule has 1 aromatic heterocycles. The van der Waals surface area contributed by atoms with Crippen LogP contribution in [0.2, 0.25) is 0 Å². The number of aromatic carboxylic acids is 1. The summed E-state index contributed by atoms with van der Waals surface area (Å²) in [7, 11) is 1.44. The van der Waals surface area contributed by atoms with Gasteiger partial charge >= 0.3 is 12.1 Å². The topological polar surface area (TPSA) is 59.4 Å². The second-order valence-corrected chi connectivity index (χ2v) is 6.65. The van der Waals surface area contributed by atoms with Crippen molar-refractivity contribution in [1.29, 1.82) is 0 Å². The second kappa shape index (κ2) is 7.58. The van der Waals surface area contributed by atoms with Crippen LogP contribution in [0, 0.1) is 13.8 Å². The molecule has 7 heteroatoms. The number of aromatic nitrogens is 1. The van der Waals surface area contributed by atoms with Gasteiger partial charge in [-0.2, -0.15) is 13.2 Å². The van der Waals surface area contributed by atoms with Gasteiger partial charge in [0.05, 0.1) is 18.2 Å². The maximum absolute atomic E-state index is 12.9. The van der Waals surface area contributed by atoms with Crippen molar-refractivity contribution >= 4 is 5.97 Å². The fourth-order valence-corrected chi connectivity index (χ4v) is 3.34. The number of carboxylic acids is 1. The van der Waals surface area contributed by atoms with Gasteiger partial charge in [-0.05, 0) is 66.4 Å². The molecule has 0 bridgehead atoms. The highest BCUT2D eigenvalue weighted by Gasteiger charge is 2.30. The van der Waals surface area contributed by atoms with E-state index in [1.54, 1.807) is 38.2 Å². The SMILES string of the molecule is COc1ncc(-c2c(C)cc(C(=O)O)cc2C)cc1-c1ccc(C(F)(F)F)cc1. The van der Waals surface area contributed by atoms with Crippen LogP contribution in [-0.2, 0) is 6.18 Å². The van der Waals surface area contributed by atoms with Crippen LogP contribution in [0.1, 0.15) is 27.0 Å². The van der Waals surface area contributed by atoms with E-state index in [0.717, 1.165) is 28.8 Å². The molecule has 0 unspecified atom stereocenters. The first-order valence-electron chi connectivity index (χ1n) is 8.68. The lowest BCUT2D eigenvalue weighted by Crippen LogP contribution is -2.04. The minimum atomic E-state index is -4.41. The Bertz CT molecular complexity index is 1050. The van der Waals surface area contributed by atoms with E-state index in [9.17, 15) is 23.1 Å². The summed E-state index contributed by atoms with van der Waals surface area (Å²) in [6.45, 7) is 3.60. The largest absolute Gasteiger partial charge is 0.481 e. The number of carboxylic acid groups (broad SMARTS) is 1. The third kappa shape index (κ3) is 4.08. The maximum Gasteiger partial charge on any atom is 0.416 e. The van der Waals surface area contributed by atoms with Crippen molar-refractivity contribution in [3.63, 3.8) is 0 Å². The van der Waals surface area contributed by atoms with E-state index in [-0.39, 0.29) is 11.4 Å². The predicted octanol–water partition coefficient (Wildman–Crippen LogP) is 5.76. The zero-order valence-electron chi connectivity index (χ0n) is 16.0. The van der Waals surface area contributed by atoms with Gasteiger partial charge in [0.15, 0.2) is 0 Å². The number of carbonyl (C=O) groups is 1. The summed E-state index contributed by atoms with van der Waals surface area (Å²) in [6.07, 6.45) is -2.81. The highest BCUT2D eigenvalue weighted by molar-refractivity contribution is 5.90. The van der Waals surface area contributed by atoms with Crippen LogP contribution in [0.15, 0.2) is 48.7 Å². The first-order chi connectivity index (χ1) is 13.6. The molecule has 3 aromatic rings. The number of methoxy groups -OCH3 is 1. The molecule has 0 aliphatic heterocycles. The lowest BCUT2D eigenvalue weighted by molar-refractivity contribution is -0.137. The molecule has 0 atom stereocenters. The predicted molar refractivity (Wildman–Crippen MR) is 103 cm³/mol. The maximum atomic E-state index is 12.9. The molecule has 0 aliphatic rings. The van der Waals surface area contributed by atoms with Crippen molar-refractivity contribution in [2.75, 3.05) is 7.11 Å². The molecule has 0 fully saturated rings. The molecule has 1 heterocycles. The molecule has 0 amide bonds. The van der Waals surface area contributed by atoms with E-state index in [0.29, 0.717) is 16.7 Å². The van der Waals surface area contributed by atoms with Gasteiger partial charge in [-0.15, -0.1) is 0 Å². The molecule has 0 saturated carbocycles. The molecular weight excluding hydrogens is 383 g/mol. The van der Waals surface area contributed by atoms with Crippen molar-refractivity contribution < 1.29 is 27.8 Å². The normalized spacial score (nSPS) is 11.4. The highest BCUT2D eigenvalue weighted by Crippen LogP contribution is 2.37. The number of alkyl halides is 3. The number of hydrogen-bond acceptors (Lipinski definition) is 3. The summed E-state index contributed by atoms with van der Waals surface area (Å²) >= 11 is 0. The van der Waals surface area contributed by atoms with E-state index in [4.69, 9.17) is 4.74 Å². The summed E-state index contributed by atoms with van der Waals surface area (Å²) in [5.41, 5.74) is 3.57. The molecule has 29 heavy (non-hydrogen) atoms. The Balaban J connectivity index is 2.13. The van der Waals surface area contributed by atoms with Crippen LogP contribution < -0.4 is 4.74 Å². The summed E-state index contributed by atoms with van der Waals surface area (Å²) < 4.78 is 43.8. The van der Waals surface area contributed by atoms with Crippen molar-refractivity contribution in [1.82, 2.24) is 4.98 Å². The number of hydrogen-bond donors (Lipinski definition) is 1. The smallest absolute Gasteiger partial charge is 0.416 e. The highest BCUT2D eigenvalue weighted by atomic mass is 19.4. The van der Waals surface area contributed by atoms with Crippen molar-refractivity contribution in [3.05, 3.63) is 70.9 Å². The van der Waals surface area contributed by atoms with Crippen LogP contribution in [0.3, 0.4) is 0 Å². The summed E-state index contributed by atoms with van der Waals surface area (Å²) in [5.74, 6) is -0.730. The monoisotopic (exact) mass is 401 g/mol. The average Bonchev–Trinajstić information content (AvgIpc) is 2.66. The summed E-state index contributed by atoms with van der Waals surface area (Å²) in [4.78, 5) is 15.6. The number of pyridine rings is 1. The Hall–Kier alpha value is -3.35. The van der Waals surface area contributed by atoms with Gasteiger partial charge in [0.1, 0.15) is 0 Å². The Morgan fingerprint density at radius 1 is 1.00 bits per heavy atom. The van der Waals surface area contributed by atoms with Gasteiger partial charge in [0.25, 0.3) is 0 Å². The van der Waals surface area contributed by atoms with Crippen LogP contribution >= 0.6 is 0 Å². The first kappa shape index (κ1) is 20.4. The molecule has 4 nitrogen and oxygen atoms in total. The molecule has 0 spiro atoms. The fraction of sp³-hybridized carbons (Fsp3) is 0.182. The molecular formula is C22H18F3NO3. The third-order valence-electron chi connectivity index (χ3n) is 4.64. The molecule has 2 aromatic carbocycles. The van der Waals surface area contributed by atoms with Crippen LogP contribution in [0.5, 0.6) is 5.88 Å². The van der Waals surface area contributed by atoms with Crippen molar-refractivity contribution in [3.8, 4) is 28.1 Å². The fourth-order valence-electron chi connectivity index (χ4n) is 3.34. The molecule has 3 rings (SSSR count). The number of nitrogens with zero attached hydrogens (tertiary/aromatic N) is 1. The molecule has 0 saturated heterocycles. The van der Waals surface area contributed by atoms with Crippen LogP contribution in [-0.4, -0.2) is 23.2 Å². The Labute approximate surface area is 165 Å². The zero-order chi connectivity index (χ0) is 21.3. The molecule has 1 N–H and O–H groups in total. The minimum Gasteiger partial charge on any atom is -0.481 e. The number of ether oxygens (including phenoxy) is 1. The summed E-state index contributed by atoms with van der Waals surface area (Å²) in [6, 6.07) is 9.71. The second-order valence-electron chi connectivity index (χ2n) is 6.65. The Kier molecular flexibility index (Phi) is 5.33. The quantitative estimate of drug-likeness (QED) is 0.604. The van der Waals surface area contributed by atoms with Crippen molar-refractivity contribution in [2.24, 2.45) is 0 Å². The zero-order valence-corrected chi connectivity index (χ0v) is 16.0. The molecule has 150 valence electrons. The number of benzene rings is 2. The van der Waals surface area contributed by atoms with Crippen LogP contribution in [0.4, 0.5) is 13.2 Å². The number of rotatable bonds is 4. The lowest BCUT2D eigenvalue weighted by atomic mass is 9.93. The van der Waals surface area contributed by atoms with Gasteiger partial charge in [0, 0.05) is 17.3 Å².